The average Bonchev–Trinajstić information content (AvgIpc) is 2.78. The number of benzene rings is 1. The quantitative estimate of drug-likeness (QED) is 0.690. The van der Waals surface area contributed by atoms with Gasteiger partial charge in [-0.3, -0.25) is 4.99 Å². The monoisotopic (exact) mass is 213 g/mol. The summed E-state index contributed by atoms with van der Waals surface area (Å²) in [5, 5.41) is 2.16. The van der Waals surface area contributed by atoms with Crippen molar-refractivity contribution in [2.24, 2.45) is 4.99 Å². The SMILES string of the molecule is c1ccc(C2=NCCc3ccsc32)cc1. The fourth-order valence-electron chi connectivity index (χ4n) is 1.92. The summed E-state index contributed by atoms with van der Waals surface area (Å²) in [6, 6.07) is 12.7. The zero-order chi connectivity index (χ0) is 10.1. The van der Waals surface area contributed by atoms with Gasteiger partial charge in [0.1, 0.15) is 0 Å². The van der Waals surface area contributed by atoms with Gasteiger partial charge < -0.3 is 0 Å². The predicted molar refractivity (Wildman–Crippen MR) is 65.0 cm³/mol. The topological polar surface area (TPSA) is 12.4 Å². The fraction of sp³-hybridized carbons (Fsp3) is 0.154. The summed E-state index contributed by atoms with van der Waals surface area (Å²) in [5.41, 5.74) is 3.86. The highest BCUT2D eigenvalue weighted by Crippen LogP contribution is 2.25. The predicted octanol–water partition coefficient (Wildman–Crippen LogP) is 3.14. The lowest BCUT2D eigenvalue weighted by molar-refractivity contribution is 0.953. The Bertz CT molecular complexity index is 496. The zero-order valence-corrected chi connectivity index (χ0v) is 9.13. The first kappa shape index (κ1) is 8.86. The Morgan fingerprint density at radius 2 is 1.93 bits per heavy atom. The maximum absolute atomic E-state index is 4.64. The Hall–Kier alpha value is -1.41. The third-order valence-electron chi connectivity index (χ3n) is 2.66. The molecule has 0 N–H and O–H groups in total. The minimum atomic E-state index is 0.925. The van der Waals surface area contributed by atoms with Crippen molar-refractivity contribution in [2.45, 2.75) is 6.42 Å². The van der Waals surface area contributed by atoms with E-state index in [9.17, 15) is 0 Å². The summed E-state index contributed by atoms with van der Waals surface area (Å²) >= 11 is 1.80. The van der Waals surface area contributed by atoms with Gasteiger partial charge in [0.2, 0.25) is 0 Å². The molecule has 2 heterocycles. The molecule has 1 nitrogen and oxygen atoms in total. The molecule has 1 aromatic heterocycles. The summed E-state index contributed by atoms with van der Waals surface area (Å²) < 4.78 is 0. The van der Waals surface area contributed by atoms with Crippen LogP contribution in [0.25, 0.3) is 0 Å². The van der Waals surface area contributed by atoms with E-state index in [0.717, 1.165) is 13.0 Å². The standard InChI is InChI=1S/C13H11NS/c1-2-4-10(5-3-1)12-13-11(6-8-14-12)7-9-15-13/h1-5,7,9H,6,8H2. The van der Waals surface area contributed by atoms with E-state index in [-0.39, 0.29) is 0 Å². The maximum Gasteiger partial charge on any atom is 0.0821 e. The molecule has 0 bridgehead atoms. The molecule has 2 heteroatoms. The van der Waals surface area contributed by atoms with E-state index in [0.29, 0.717) is 0 Å². The summed E-state index contributed by atoms with van der Waals surface area (Å²) in [4.78, 5) is 5.99. The molecular formula is C13H11NS. The Kier molecular flexibility index (Phi) is 2.14. The summed E-state index contributed by atoms with van der Waals surface area (Å²) in [6.45, 7) is 0.925. The second-order valence-corrected chi connectivity index (χ2v) is 4.54. The van der Waals surface area contributed by atoms with Crippen molar-refractivity contribution in [2.75, 3.05) is 6.54 Å². The molecule has 74 valence electrons. The molecule has 0 saturated carbocycles. The molecule has 0 amide bonds. The Morgan fingerprint density at radius 3 is 2.80 bits per heavy atom. The summed E-state index contributed by atoms with van der Waals surface area (Å²) in [5.74, 6) is 0. The van der Waals surface area contributed by atoms with Crippen molar-refractivity contribution in [3.63, 3.8) is 0 Å². The summed E-state index contributed by atoms with van der Waals surface area (Å²) in [7, 11) is 0. The second kappa shape index (κ2) is 3.63. The van der Waals surface area contributed by atoms with Crippen molar-refractivity contribution >= 4 is 17.0 Å². The molecule has 0 unspecified atom stereocenters. The molecule has 0 aliphatic carbocycles. The third kappa shape index (κ3) is 1.51. The van der Waals surface area contributed by atoms with E-state index >= 15 is 0 Å². The first-order valence-corrected chi connectivity index (χ1v) is 6.00. The van der Waals surface area contributed by atoms with Crippen LogP contribution in [0.5, 0.6) is 0 Å². The normalized spacial score (nSPS) is 14.5. The molecule has 0 fully saturated rings. The molecule has 1 aliphatic heterocycles. The van der Waals surface area contributed by atoms with E-state index in [1.54, 1.807) is 11.3 Å². The first-order valence-electron chi connectivity index (χ1n) is 5.12. The Balaban J connectivity index is 2.12. The number of thiophene rings is 1. The number of aliphatic imine (C=N–C) groups is 1. The van der Waals surface area contributed by atoms with Crippen LogP contribution in [-0.4, -0.2) is 12.3 Å². The first-order chi connectivity index (χ1) is 7.45. The Morgan fingerprint density at radius 1 is 1.07 bits per heavy atom. The van der Waals surface area contributed by atoms with Gasteiger partial charge in [-0.15, -0.1) is 11.3 Å². The van der Waals surface area contributed by atoms with Crippen molar-refractivity contribution in [1.29, 1.82) is 0 Å². The summed E-state index contributed by atoms with van der Waals surface area (Å²) in [6.07, 6.45) is 1.09. The van der Waals surface area contributed by atoms with Crippen LogP contribution >= 0.6 is 11.3 Å². The molecule has 0 radical (unpaired) electrons. The van der Waals surface area contributed by atoms with Crippen LogP contribution in [-0.2, 0) is 6.42 Å². The van der Waals surface area contributed by atoms with Gasteiger partial charge in [0.05, 0.1) is 10.6 Å². The molecule has 1 aliphatic rings. The van der Waals surface area contributed by atoms with Gasteiger partial charge in [-0.1, -0.05) is 30.3 Å². The second-order valence-electron chi connectivity index (χ2n) is 3.62. The number of hydrogen-bond donors (Lipinski definition) is 0. The van der Waals surface area contributed by atoms with Crippen LogP contribution in [0.1, 0.15) is 16.0 Å². The Labute approximate surface area is 93.1 Å². The van der Waals surface area contributed by atoms with Gasteiger partial charge >= 0.3 is 0 Å². The van der Waals surface area contributed by atoms with Gasteiger partial charge in [-0.2, -0.15) is 0 Å². The average molecular weight is 213 g/mol. The highest BCUT2D eigenvalue weighted by Gasteiger charge is 2.16. The lowest BCUT2D eigenvalue weighted by Gasteiger charge is -2.12. The van der Waals surface area contributed by atoms with Crippen LogP contribution in [0.2, 0.25) is 0 Å². The van der Waals surface area contributed by atoms with Gasteiger partial charge in [0, 0.05) is 12.1 Å². The molecule has 2 aromatic rings. The van der Waals surface area contributed by atoms with Gasteiger partial charge in [0.25, 0.3) is 0 Å². The van der Waals surface area contributed by atoms with Crippen LogP contribution in [0, 0.1) is 0 Å². The van der Waals surface area contributed by atoms with Crippen molar-refractivity contribution < 1.29 is 0 Å². The van der Waals surface area contributed by atoms with Crippen LogP contribution in [0.4, 0.5) is 0 Å². The van der Waals surface area contributed by atoms with E-state index in [2.05, 4.69) is 40.7 Å². The van der Waals surface area contributed by atoms with Gasteiger partial charge in [-0.05, 0) is 23.4 Å². The molecule has 0 atom stereocenters. The lowest BCUT2D eigenvalue weighted by Crippen LogP contribution is -2.10. The molecule has 0 spiro atoms. The molecule has 15 heavy (non-hydrogen) atoms. The molecular weight excluding hydrogens is 202 g/mol. The van der Waals surface area contributed by atoms with E-state index < -0.39 is 0 Å². The lowest BCUT2D eigenvalue weighted by atomic mass is 10.0. The van der Waals surface area contributed by atoms with Crippen molar-refractivity contribution in [3.05, 3.63) is 57.8 Å². The highest BCUT2D eigenvalue weighted by atomic mass is 32.1. The van der Waals surface area contributed by atoms with Gasteiger partial charge in [0.15, 0.2) is 0 Å². The van der Waals surface area contributed by atoms with Crippen molar-refractivity contribution in [3.8, 4) is 0 Å². The smallest absolute Gasteiger partial charge is 0.0821 e. The van der Waals surface area contributed by atoms with Crippen LogP contribution in [0.3, 0.4) is 0 Å². The zero-order valence-electron chi connectivity index (χ0n) is 8.31. The number of hydrogen-bond acceptors (Lipinski definition) is 2. The number of nitrogens with zero attached hydrogens (tertiary/aromatic N) is 1. The van der Waals surface area contributed by atoms with Crippen LogP contribution < -0.4 is 0 Å². The van der Waals surface area contributed by atoms with Crippen LogP contribution in [0.15, 0.2) is 46.8 Å². The minimum Gasteiger partial charge on any atom is -0.283 e. The number of fused-ring (bicyclic) bond motifs is 1. The van der Waals surface area contributed by atoms with E-state index in [1.807, 2.05) is 6.07 Å². The minimum absolute atomic E-state index is 0.925. The molecule has 3 rings (SSSR count). The maximum atomic E-state index is 4.64. The fourth-order valence-corrected chi connectivity index (χ4v) is 2.90. The highest BCUT2D eigenvalue weighted by molar-refractivity contribution is 7.12. The third-order valence-corrected chi connectivity index (χ3v) is 3.62. The number of rotatable bonds is 1. The molecule has 1 aromatic carbocycles. The molecule has 0 saturated heterocycles. The van der Waals surface area contributed by atoms with Crippen molar-refractivity contribution in [1.82, 2.24) is 0 Å². The van der Waals surface area contributed by atoms with E-state index in [1.165, 1.54) is 21.7 Å². The van der Waals surface area contributed by atoms with E-state index in [4.69, 9.17) is 0 Å². The largest absolute Gasteiger partial charge is 0.283 e. The van der Waals surface area contributed by atoms with Gasteiger partial charge in [-0.25, -0.2) is 0 Å².